The Morgan fingerprint density at radius 2 is 1.76 bits per heavy atom. The molecule has 0 radical (unpaired) electrons. The predicted molar refractivity (Wildman–Crippen MR) is 136 cm³/mol. The molecule has 6 nitrogen and oxygen atoms in total. The third kappa shape index (κ3) is 5.17. The molecule has 3 aromatic rings. The number of hydrogen-bond acceptors (Lipinski definition) is 5. The Kier molecular flexibility index (Phi) is 6.95. The molecule has 0 aliphatic carbocycles. The first kappa shape index (κ1) is 22.7. The fourth-order valence-corrected chi connectivity index (χ4v) is 5.35. The summed E-state index contributed by atoms with van der Waals surface area (Å²) in [7, 11) is 0. The minimum absolute atomic E-state index is 0.0521. The van der Waals surface area contributed by atoms with Gasteiger partial charge in [0, 0.05) is 43.5 Å². The smallest absolute Gasteiger partial charge is 0.223 e. The Balaban J connectivity index is 1.13. The van der Waals surface area contributed by atoms with Crippen molar-refractivity contribution in [2.75, 3.05) is 31.1 Å². The number of pyridine rings is 1. The Labute approximate surface area is 201 Å². The van der Waals surface area contributed by atoms with Crippen molar-refractivity contribution in [3.8, 4) is 5.75 Å². The number of piperidine rings is 2. The highest BCUT2D eigenvalue weighted by atomic mass is 16.3. The van der Waals surface area contributed by atoms with E-state index in [1.165, 1.54) is 18.4 Å². The summed E-state index contributed by atoms with van der Waals surface area (Å²) in [6.45, 7) is 4.38. The molecule has 1 unspecified atom stereocenters. The molecule has 2 aromatic carbocycles. The highest BCUT2D eigenvalue weighted by molar-refractivity contribution is 5.85. The van der Waals surface area contributed by atoms with Gasteiger partial charge in [0.15, 0.2) is 0 Å². The second-order valence-corrected chi connectivity index (χ2v) is 9.63. The maximum absolute atomic E-state index is 13.0. The maximum Gasteiger partial charge on any atom is 0.223 e. The summed E-state index contributed by atoms with van der Waals surface area (Å²) in [6.07, 6.45) is 5.26. The van der Waals surface area contributed by atoms with Crippen molar-refractivity contribution in [2.45, 2.75) is 44.7 Å². The van der Waals surface area contributed by atoms with E-state index in [0.717, 1.165) is 63.2 Å². The maximum atomic E-state index is 13.0. The van der Waals surface area contributed by atoms with E-state index >= 15 is 0 Å². The van der Waals surface area contributed by atoms with E-state index in [-0.39, 0.29) is 17.6 Å². The first-order chi connectivity index (χ1) is 16.7. The summed E-state index contributed by atoms with van der Waals surface area (Å²) in [6, 6.07) is 20.5. The van der Waals surface area contributed by atoms with E-state index in [9.17, 15) is 9.90 Å². The number of aromatic nitrogens is 1. The normalized spacial score (nSPS) is 19.9. The molecule has 1 amide bonds. The fraction of sp³-hybridized carbons (Fsp3) is 0.429. The number of aromatic hydroxyl groups is 1. The SMILES string of the molecule is O=C(NCC1CCCCN1Cc1ccccc1)C1CCN(c2ccc3cccc(O)c3n2)CC1. The van der Waals surface area contributed by atoms with Crippen molar-refractivity contribution in [3.63, 3.8) is 0 Å². The lowest BCUT2D eigenvalue weighted by atomic mass is 9.95. The molecule has 1 atom stereocenters. The van der Waals surface area contributed by atoms with Gasteiger partial charge in [0.05, 0.1) is 0 Å². The molecule has 1 aromatic heterocycles. The lowest BCUT2D eigenvalue weighted by Gasteiger charge is -2.37. The zero-order chi connectivity index (χ0) is 23.3. The zero-order valence-electron chi connectivity index (χ0n) is 19.7. The van der Waals surface area contributed by atoms with Crippen LogP contribution in [-0.4, -0.2) is 53.1 Å². The van der Waals surface area contributed by atoms with Crippen LogP contribution < -0.4 is 10.2 Å². The van der Waals surface area contributed by atoms with Gasteiger partial charge in [0.1, 0.15) is 17.1 Å². The van der Waals surface area contributed by atoms with Gasteiger partial charge in [0.2, 0.25) is 5.91 Å². The van der Waals surface area contributed by atoms with Gasteiger partial charge < -0.3 is 15.3 Å². The number of benzene rings is 2. The zero-order valence-corrected chi connectivity index (χ0v) is 19.7. The summed E-state index contributed by atoms with van der Waals surface area (Å²) < 4.78 is 0. The van der Waals surface area contributed by atoms with Gasteiger partial charge in [0.25, 0.3) is 0 Å². The van der Waals surface area contributed by atoms with E-state index in [4.69, 9.17) is 0 Å². The number of rotatable bonds is 6. The number of anilines is 1. The standard InChI is InChI=1S/C28H34N4O2/c33-25-11-6-9-22-12-13-26(30-27(22)25)31-17-14-23(15-18-31)28(34)29-19-24-10-4-5-16-32(24)20-21-7-2-1-3-8-21/h1-3,6-9,11-13,23-24,33H,4-5,10,14-20H2,(H,29,34). The molecule has 0 saturated carbocycles. The van der Waals surface area contributed by atoms with Gasteiger partial charge in [-0.05, 0) is 56.0 Å². The van der Waals surface area contributed by atoms with Crippen LogP contribution in [0.5, 0.6) is 5.75 Å². The van der Waals surface area contributed by atoms with E-state index in [0.29, 0.717) is 11.6 Å². The van der Waals surface area contributed by atoms with Crippen molar-refractivity contribution in [2.24, 2.45) is 5.92 Å². The number of carbonyl (C=O) groups excluding carboxylic acids is 1. The van der Waals surface area contributed by atoms with Crippen molar-refractivity contribution < 1.29 is 9.90 Å². The third-order valence-electron chi connectivity index (χ3n) is 7.36. The van der Waals surface area contributed by atoms with Crippen LogP contribution in [0, 0.1) is 5.92 Å². The van der Waals surface area contributed by atoms with Gasteiger partial charge in [-0.25, -0.2) is 4.98 Å². The Morgan fingerprint density at radius 1 is 0.941 bits per heavy atom. The van der Waals surface area contributed by atoms with Crippen molar-refractivity contribution >= 4 is 22.6 Å². The van der Waals surface area contributed by atoms with E-state index in [1.54, 1.807) is 6.07 Å². The van der Waals surface area contributed by atoms with Crippen LogP contribution in [-0.2, 0) is 11.3 Å². The lowest BCUT2D eigenvalue weighted by Crippen LogP contribution is -2.48. The molecule has 178 valence electrons. The summed E-state index contributed by atoms with van der Waals surface area (Å²) >= 11 is 0. The lowest BCUT2D eigenvalue weighted by molar-refractivity contribution is -0.125. The monoisotopic (exact) mass is 458 g/mol. The molecule has 2 aliphatic heterocycles. The van der Waals surface area contributed by atoms with Gasteiger partial charge in [-0.2, -0.15) is 0 Å². The summed E-state index contributed by atoms with van der Waals surface area (Å²) in [5, 5.41) is 14.3. The number of hydrogen-bond donors (Lipinski definition) is 2. The number of para-hydroxylation sites is 1. The number of likely N-dealkylation sites (tertiary alicyclic amines) is 1. The highest BCUT2D eigenvalue weighted by Gasteiger charge is 2.28. The molecule has 5 rings (SSSR count). The number of phenolic OH excluding ortho intramolecular Hbond substituents is 1. The first-order valence-corrected chi connectivity index (χ1v) is 12.6. The Morgan fingerprint density at radius 3 is 2.59 bits per heavy atom. The second kappa shape index (κ2) is 10.4. The molecule has 2 aliphatic rings. The third-order valence-corrected chi connectivity index (χ3v) is 7.36. The van der Waals surface area contributed by atoms with Crippen LogP contribution in [0.2, 0.25) is 0 Å². The molecule has 34 heavy (non-hydrogen) atoms. The van der Waals surface area contributed by atoms with Crippen molar-refractivity contribution in [1.29, 1.82) is 0 Å². The second-order valence-electron chi connectivity index (χ2n) is 9.63. The molecule has 0 bridgehead atoms. The number of amides is 1. The average Bonchev–Trinajstić information content (AvgIpc) is 2.89. The van der Waals surface area contributed by atoms with Crippen molar-refractivity contribution in [3.05, 3.63) is 66.2 Å². The van der Waals surface area contributed by atoms with Crippen LogP contribution in [0.1, 0.15) is 37.7 Å². The summed E-state index contributed by atoms with van der Waals surface area (Å²) in [5.41, 5.74) is 1.97. The van der Waals surface area contributed by atoms with E-state index < -0.39 is 0 Å². The number of nitrogens with zero attached hydrogens (tertiary/aromatic N) is 3. The Bertz CT molecular complexity index is 1110. The molecule has 0 spiro atoms. The number of carbonyl (C=O) groups is 1. The van der Waals surface area contributed by atoms with Gasteiger partial charge in [-0.3, -0.25) is 9.69 Å². The molecule has 2 fully saturated rings. The quantitative estimate of drug-likeness (QED) is 0.576. The Hall–Kier alpha value is -3.12. The van der Waals surface area contributed by atoms with Gasteiger partial charge in [-0.15, -0.1) is 0 Å². The number of phenols is 1. The molecule has 3 heterocycles. The fourth-order valence-electron chi connectivity index (χ4n) is 5.35. The molecule has 2 N–H and O–H groups in total. The minimum atomic E-state index is 0.0521. The van der Waals surface area contributed by atoms with E-state index in [2.05, 4.69) is 50.4 Å². The van der Waals surface area contributed by atoms with Crippen LogP contribution in [0.3, 0.4) is 0 Å². The predicted octanol–water partition coefficient (Wildman–Crippen LogP) is 4.33. The summed E-state index contributed by atoms with van der Waals surface area (Å²) in [4.78, 5) is 22.4. The summed E-state index contributed by atoms with van der Waals surface area (Å²) in [5.74, 6) is 1.31. The minimum Gasteiger partial charge on any atom is -0.506 e. The first-order valence-electron chi connectivity index (χ1n) is 12.6. The highest BCUT2D eigenvalue weighted by Crippen LogP contribution is 2.28. The molecular weight excluding hydrogens is 424 g/mol. The van der Waals surface area contributed by atoms with Gasteiger partial charge in [-0.1, -0.05) is 48.9 Å². The van der Waals surface area contributed by atoms with Crippen LogP contribution in [0.25, 0.3) is 10.9 Å². The van der Waals surface area contributed by atoms with Crippen LogP contribution in [0.4, 0.5) is 5.82 Å². The topological polar surface area (TPSA) is 68.7 Å². The van der Waals surface area contributed by atoms with Crippen molar-refractivity contribution in [1.82, 2.24) is 15.2 Å². The van der Waals surface area contributed by atoms with Gasteiger partial charge >= 0.3 is 0 Å². The van der Waals surface area contributed by atoms with Crippen LogP contribution in [0.15, 0.2) is 60.7 Å². The number of fused-ring (bicyclic) bond motifs is 1. The molecule has 2 saturated heterocycles. The van der Waals surface area contributed by atoms with Crippen LogP contribution >= 0.6 is 0 Å². The average molecular weight is 459 g/mol. The largest absolute Gasteiger partial charge is 0.506 e. The van der Waals surface area contributed by atoms with E-state index in [1.807, 2.05) is 24.3 Å². The molecular formula is C28H34N4O2. The molecule has 6 heteroatoms. The number of nitrogens with one attached hydrogen (secondary N) is 1.